The zero-order chi connectivity index (χ0) is 13.8. The van der Waals surface area contributed by atoms with Crippen molar-refractivity contribution in [3.05, 3.63) is 23.8 Å². The fraction of sp³-hybridized carbons (Fsp3) is 0.364. The summed E-state index contributed by atoms with van der Waals surface area (Å²) < 4.78 is 21.8. The number of aromatic carboxylic acids is 1. The van der Waals surface area contributed by atoms with Crippen LogP contribution in [0.5, 0.6) is 0 Å². The van der Waals surface area contributed by atoms with Crippen molar-refractivity contribution in [1.29, 1.82) is 0 Å². The molecule has 0 spiro atoms. The van der Waals surface area contributed by atoms with E-state index in [9.17, 15) is 13.2 Å². The fourth-order valence-electron chi connectivity index (χ4n) is 1.45. The molecule has 100 valence electrons. The van der Waals surface area contributed by atoms with Gasteiger partial charge in [0.05, 0.1) is 11.3 Å². The van der Waals surface area contributed by atoms with Gasteiger partial charge >= 0.3 is 5.97 Å². The van der Waals surface area contributed by atoms with E-state index < -0.39 is 15.8 Å². The predicted molar refractivity (Wildman–Crippen MR) is 70.6 cm³/mol. The average molecular weight is 272 g/mol. The van der Waals surface area contributed by atoms with E-state index >= 15 is 0 Å². The first-order valence-electron chi connectivity index (χ1n) is 5.34. The largest absolute Gasteiger partial charge is 0.478 e. The van der Waals surface area contributed by atoms with Crippen molar-refractivity contribution in [3.63, 3.8) is 0 Å². The molecule has 0 bridgehead atoms. The van der Waals surface area contributed by atoms with E-state index in [0.717, 1.165) is 0 Å². The lowest BCUT2D eigenvalue weighted by atomic mass is 10.1. The van der Waals surface area contributed by atoms with E-state index in [-0.39, 0.29) is 11.3 Å². The summed E-state index contributed by atoms with van der Waals surface area (Å²) in [4.78, 5) is 11.0. The Balaban J connectivity index is 2.65. The number of benzene rings is 1. The summed E-state index contributed by atoms with van der Waals surface area (Å²) in [5.74, 6) is -1.01. The molecule has 0 radical (unpaired) electrons. The van der Waals surface area contributed by atoms with Gasteiger partial charge in [0.25, 0.3) is 0 Å². The summed E-state index contributed by atoms with van der Waals surface area (Å²) in [5, 5.41) is 11.9. The van der Waals surface area contributed by atoms with Gasteiger partial charge < -0.3 is 16.2 Å². The lowest BCUT2D eigenvalue weighted by Gasteiger charge is -2.09. The standard InChI is InChI=1S/C11H16N2O4S/c1-18(16,17)6-2-5-13-10-4-3-8(12)7-9(10)11(14)15/h3-4,7,13H,2,5-6,12H2,1H3,(H,14,15). The smallest absolute Gasteiger partial charge is 0.337 e. The van der Waals surface area contributed by atoms with Gasteiger partial charge in [0.1, 0.15) is 9.84 Å². The Morgan fingerprint density at radius 3 is 2.67 bits per heavy atom. The van der Waals surface area contributed by atoms with E-state index in [2.05, 4.69) is 5.32 Å². The number of carboxylic acid groups (broad SMARTS) is 1. The number of nitrogen functional groups attached to an aromatic ring is 1. The molecule has 0 aromatic heterocycles. The van der Waals surface area contributed by atoms with Crippen molar-refractivity contribution in [1.82, 2.24) is 0 Å². The van der Waals surface area contributed by atoms with Crippen LogP contribution in [0.3, 0.4) is 0 Å². The summed E-state index contributed by atoms with van der Waals surface area (Å²) in [5.41, 5.74) is 6.39. The van der Waals surface area contributed by atoms with Crippen molar-refractivity contribution in [2.45, 2.75) is 6.42 Å². The van der Waals surface area contributed by atoms with Crippen LogP contribution in [0.15, 0.2) is 18.2 Å². The fourth-order valence-corrected chi connectivity index (χ4v) is 2.12. The number of anilines is 2. The highest BCUT2D eigenvalue weighted by Crippen LogP contribution is 2.18. The third kappa shape index (κ3) is 4.62. The highest BCUT2D eigenvalue weighted by molar-refractivity contribution is 7.90. The molecular formula is C11H16N2O4S. The van der Waals surface area contributed by atoms with Crippen LogP contribution >= 0.6 is 0 Å². The predicted octanol–water partition coefficient (Wildman–Crippen LogP) is 0.814. The SMILES string of the molecule is CS(=O)(=O)CCCNc1ccc(N)cc1C(=O)O. The number of carbonyl (C=O) groups is 1. The number of hydrogen-bond acceptors (Lipinski definition) is 5. The number of hydrogen-bond donors (Lipinski definition) is 3. The number of nitrogens with two attached hydrogens (primary N) is 1. The van der Waals surface area contributed by atoms with E-state index in [1.807, 2.05) is 0 Å². The van der Waals surface area contributed by atoms with Crippen molar-refractivity contribution >= 4 is 27.2 Å². The number of nitrogens with one attached hydrogen (secondary N) is 1. The Labute approximate surface area is 106 Å². The summed E-state index contributed by atoms with van der Waals surface area (Å²) >= 11 is 0. The highest BCUT2D eigenvalue weighted by Gasteiger charge is 2.10. The summed E-state index contributed by atoms with van der Waals surface area (Å²) in [6.07, 6.45) is 1.58. The molecule has 1 aromatic carbocycles. The summed E-state index contributed by atoms with van der Waals surface area (Å²) in [6, 6.07) is 4.52. The number of sulfone groups is 1. The molecule has 0 heterocycles. The Morgan fingerprint density at radius 1 is 1.44 bits per heavy atom. The molecule has 0 saturated carbocycles. The van der Waals surface area contributed by atoms with E-state index in [1.54, 1.807) is 12.1 Å². The number of carboxylic acids is 1. The Hall–Kier alpha value is -1.76. The molecule has 1 aromatic rings. The molecule has 0 aliphatic carbocycles. The molecule has 4 N–H and O–H groups in total. The molecule has 0 fully saturated rings. The van der Waals surface area contributed by atoms with Gasteiger partial charge in [-0.15, -0.1) is 0 Å². The van der Waals surface area contributed by atoms with Crippen molar-refractivity contribution in [3.8, 4) is 0 Å². The molecule has 0 amide bonds. The van der Waals surface area contributed by atoms with Gasteiger partial charge in [-0.2, -0.15) is 0 Å². The first-order valence-corrected chi connectivity index (χ1v) is 7.40. The van der Waals surface area contributed by atoms with Crippen molar-refractivity contribution in [2.75, 3.05) is 29.6 Å². The Kier molecular flexibility index (Phi) is 4.55. The second kappa shape index (κ2) is 5.72. The summed E-state index contributed by atoms with van der Waals surface area (Å²) in [6.45, 7) is 0.386. The normalized spacial score (nSPS) is 11.2. The monoisotopic (exact) mass is 272 g/mol. The van der Waals surface area contributed by atoms with Gasteiger partial charge in [0.2, 0.25) is 0 Å². The minimum Gasteiger partial charge on any atom is -0.478 e. The van der Waals surface area contributed by atoms with E-state index in [0.29, 0.717) is 24.3 Å². The van der Waals surface area contributed by atoms with Gasteiger partial charge in [0.15, 0.2) is 0 Å². The zero-order valence-corrected chi connectivity index (χ0v) is 10.8. The minimum absolute atomic E-state index is 0.0668. The molecule has 0 aliphatic heterocycles. The molecule has 0 aliphatic rings. The van der Waals surface area contributed by atoms with Crippen LogP contribution in [-0.4, -0.2) is 38.0 Å². The van der Waals surface area contributed by atoms with Crippen LogP contribution in [0.25, 0.3) is 0 Å². The zero-order valence-electron chi connectivity index (χ0n) is 10.0. The second-order valence-corrected chi connectivity index (χ2v) is 6.28. The summed E-state index contributed by atoms with van der Waals surface area (Å²) in [7, 11) is -2.99. The van der Waals surface area contributed by atoms with Gasteiger partial charge in [-0.05, 0) is 24.6 Å². The number of rotatable bonds is 6. The third-order valence-electron chi connectivity index (χ3n) is 2.28. The van der Waals surface area contributed by atoms with E-state index in [1.165, 1.54) is 12.3 Å². The maximum absolute atomic E-state index is 11.0. The molecule has 1 rings (SSSR count). The van der Waals surface area contributed by atoms with Crippen LogP contribution < -0.4 is 11.1 Å². The molecule has 0 unspecified atom stereocenters. The Bertz CT molecular complexity index is 540. The van der Waals surface area contributed by atoms with Crippen molar-refractivity contribution < 1.29 is 18.3 Å². The van der Waals surface area contributed by atoms with Crippen LogP contribution in [0.1, 0.15) is 16.8 Å². The molecular weight excluding hydrogens is 256 g/mol. The molecule has 6 nitrogen and oxygen atoms in total. The molecule has 0 saturated heterocycles. The first-order chi connectivity index (χ1) is 8.29. The maximum atomic E-state index is 11.0. The maximum Gasteiger partial charge on any atom is 0.337 e. The lowest BCUT2D eigenvalue weighted by molar-refractivity contribution is 0.0698. The topological polar surface area (TPSA) is 109 Å². The molecule has 18 heavy (non-hydrogen) atoms. The van der Waals surface area contributed by atoms with Gasteiger partial charge in [-0.1, -0.05) is 0 Å². The van der Waals surface area contributed by atoms with Gasteiger partial charge in [-0.25, -0.2) is 13.2 Å². The third-order valence-corrected chi connectivity index (χ3v) is 3.31. The van der Waals surface area contributed by atoms with Crippen LogP contribution in [0.2, 0.25) is 0 Å². The van der Waals surface area contributed by atoms with Gasteiger partial charge in [0, 0.05) is 24.2 Å². The minimum atomic E-state index is -2.99. The van der Waals surface area contributed by atoms with Crippen LogP contribution in [0, 0.1) is 0 Å². The average Bonchev–Trinajstić information content (AvgIpc) is 2.24. The second-order valence-electron chi connectivity index (χ2n) is 4.02. The highest BCUT2D eigenvalue weighted by atomic mass is 32.2. The van der Waals surface area contributed by atoms with E-state index in [4.69, 9.17) is 10.8 Å². The molecule has 0 atom stereocenters. The van der Waals surface area contributed by atoms with Gasteiger partial charge in [-0.3, -0.25) is 0 Å². The van der Waals surface area contributed by atoms with Crippen molar-refractivity contribution in [2.24, 2.45) is 0 Å². The quantitative estimate of drug-likeness (QED) is 0.522. The molecule has 7 heteroatoms. The lowest BCUT2D eigenvalue weighted by Crippen LogP contribution is -2.12. The van der Waals surface area contributed by atoms with Crippen LogP contribution in [0.4, 0.5) is 11.4 Å². The first kappa shape index (κ1) is 14.3. The van der Waals surface area contributed by atoms with Crippen LogP contribution in [-0.2, 0) is 9.84 Å². The Morgan fingerprint density at radius 2 is 2.11 bits per heavy atom.